The Morgan fingerprint density at radius 2 is 1.80 bits per heavy atom. The van der Waals surface area contributed by atoms with Crippen LogP contribution in [-0.2, 0) is 0 Å². The largest absolute Gasteiger partial charge is 0.297 e. The Morgan fingerprint density at radius 3 is 2.20 bits per heavy atom. The Bertz CT molecular complexity index is 207. The molecule has 54 valence electrons. The molecule has 0 aliphatic rings. The van der Waals surface area contributed by atoms with E-state index in [0.29, 0.717) is 0 Å². The molecule has 4 heteroatoms. The maximum atomic E-state index is 11.8. The van der Waals surface area contributed by atoms with Crippen LogP contribution < -0.4 is 0 Å². The fourth-order valence-electron chi connectivity index (χ4n) is 0.515. The Morgan fingerprint density at radius 1 is 1.30 bits per heavy atom. The highest BCUT2D eigenvalue weighted by Crippen LogP contribution is 2.12. The van der Waals surface area contributed by atoms with E-state index in [2.05, 4.69) is 9.97 Å². The number of rotatable bonds is 1. The second kappa shape index (κ2) is 2.68. The van der Waals surface area contributed by atoms with E-state index in [1.165, 1.54) is 12.4 Å². The van der Waals surface area contributed by atoms with Crippen molar-refractivity contribution in [1.29, 1.82) is 0 Å². The monoisotopic (exact) mass is 144 g/mol. The van der Waals surface area contributed by atoms with Gasteiger partial charge in [0.05, 0.1) is 0 Å². The topological polar surface area (TPSA) is 25.8 Å². The van der Waals surface area contributed by atoms with Crippen molar-refractivity contribution in [3.63, 3.8) is 0 Å². The average molecular weight is 144 g/mol. The van der Waals surface area contributed by atoms with Crippen molar-refractivity contribution in [2.75, 3.05) is 0 Å². The number of hydrogen-bond donors (Lipinski definition) is 0. The summed E-state index contributed by atoms with van der Waals surface area (Å²) in [6.45, 7) is 1.75. The minimum Gasteiger partial charge on any atom is -0.236 e. The lowest BCUT2D eigenvalue weighted by Gasteiger charge is -1.95. The van der Waals surface area contributed by atoms with Crippen LogP contribution in [-0.4, -0.2) is 9.97 Å². The highest BCUT2D eigenvalue weighted by molar-refractivity contribution is 5.02. The van der Waals surface area contributed by atoms with Crippen molar-refractivity contribution in [2.24, 2.45) is 0 Å². The molecule has 1 aromatic heterocycles. The molecule has 0 radical (unpaired) electrons. The highest BCUT2D eigenvalue weighted by Gasteiger charge is 2.08. The van der Waals surface area contributed by atoms with E-state index >= 15 is 0 Å². The van der Waals surface area contributed by atoms with Gasteiger partial charge in [0.2, 0.25) is 0 Å². The van der Waals surface area contributed by atoms with E-state index in [4.69, 9.17) is 0 Å². The normalized spacial score (nSPS) is 10.4. The van der Waals surface area contributed by atoms with Gasteiger partial charge < -0.3 is 0 Å². The zero-order chi connectivity index (χ0) is 7.56. The summed E-state index contributed by atoms with van der Waals surface area (Å²) in [5.41, 5.74) is 0.782. The van der Waals surface area contributed by atoms with Gasteiger partial charge in [-0.3, -0.25) is 0 Å². The SMILES string of the molecule is Cc1cnc(C(F)F)nc1. The molecule has 1 heterocycles. The van der Waals surface area contributed by atoms with Crippen LogP contribution in [0.1, 0.15) is 17.8 Å². The van der Waals surface area contributed by atoms with Gasteiger partial charge in [-0.1, -0.05) is 0 Å². The van der Waals surface area contributed by atoms with E-state index < -0.39 is 12.2 Å². The average Bonchev–Trinajstić information content (AvgIpc) is 1.88. The van der Waals surface area contributed by atoms with Gasteiger partial charge in [0.1, 0.15) is 0 Å². The molecule has 1 rings (SSSR count). The third-order valence-corrected chi connectivity index (χ3v) is 0.996. The lowest BCUT2D eigenvalue weighted by Crippen LogP contribution is -1.93. The van der Waals surface area contributed by atoms with Crippen LogP contribution in [0.15, 0.2) is 12.4 Å². The van der Waals surface area contributed by atoms with Gasteiger partial charge in [0, 0.05) is 12.4 Å². The fourth-order valence-corrected chi connectivity index (χ4v) is 0.515. The zero-order valence-electron chi connectivity index (χ0n) is 5.38. The quantitative estimate of drug-likeness (QED) is 0.599. The van der Waals surface area contributed by atoms with E-state index in [-0.39, 0.29) is 0 Å². The van der Waals surface area contributed by atoms with Gasteiger partial charge in [-0.25, -0.2) is 18.7 Å². The molecule has 0 atom stereocenters. The van der Waals surface area contributed by atoms with Gasteiger partial charge in [-0.05, 0) is 12.5 Å². The first-order valence-corrected chi connectivity index (χ1v) is 2.77. The molecule has 0 N–H and O–H groups in total. The predicted octanol–water partition coefficient (Wildman–Crippen LogP) is 1.72. The van der Waals surface area contributed by atoms with Crippen molar-refractivity contribution < 1.29 is 8.78 Å². The van der Waals surface area contributed by atoms with Gasteiger partial charge in [0.15, 0.2) is 5.82 Å². The molecule has 0 aliphatic carbocycles. The number of aromatic nitrogens is 2. The number of alkyl halides is 2. The molecular formula is C6H6F2N2. The Balaban J connectivity index is 2.89. The summed E-state index contributed by atoms with van der Waals surface area (Å²) in [5.74, 6) is -0.411. The first kappa shape index (κ1) is 7.05. The molecule has 10 heavy (non-hydrogen) atoms. The lowest BCUT2D eigenvalue weighted by molar-refractivity contribution is 0.140. The molecule has 0 aliphatic heterocycles. The maximum absolute atomic E-state index is 11.8. The summed E-state index contributed by atoms with van der Waals surface area (Å²) in [5, 5.41) is 0. The second-order valence-corrected chi connectivity index (χ2v) is 1.92. The molecule has 0 saturated carbocycles. The fraction of sp³-hybridized carbons (Fsp3) is 0.333. The lowest BCUT2D eigenvalue weighted by atomic mass is 10.4. The van der Waals surface area contributed by atoms with Crippen LogP contribution >= 0.6 is 0 Å². The van der Waals surface area contributed by atoms with Gasteiger partial charge >= 0.3 is 0 Å². The summed E-state index contributed by atoms with van der Waals surface area (Å²) in [4.78, 5) is 6.83. The molecule has 1 aromatic rings. The molecule has 0 amide bonds. The Hall–Kier alpha value is -1.06. The van der Waals surface area contributed by atoms with Crippen molar-refractivity contribution >= 4 is 0 Å². The Labute approximate surface area is 56.9 Å². The molecule has 0 spiro atoms. The first-order chi connectivity index (χ1) is 4.70. The van der Waals surface area contributed by atoms with Crippen LogP contribution in [0.2, 0.25) is 0 Å². The summed E-state index contributed by atoms with van der Waals surface area (Å²) < 4.78 is 23.5. The van der Waals surface area contributed by atoms with Crippen LogP contribution in [0.25, 0.3) is 0 Å². The van der Waals surface area contributed by atoms with Gasteiger partial charge in [-0.2, -0.15) is 0 Å². The van der Waals surface area contributed by atoms with Crippen LogP contribution in [0, 0.1) is 6.92 Å². The predicted molar refractivity (Wildman–Crippen MR) is 31.7 cm³/mol. The van der Waals surface area contributed by atoms with Crippen LogP contribution in [0.5, 0.6) is 0 Å². The number of halogens is 2. The van der Waals surface area contributed by atoms with E-state index in [9.17, 15) is 8.78 Å². The van der Waals surface area contributed by atoms with Gasteiger partial charge in [-0.15, -0.1) is 0 Å². The number of aryl methyl sites for hydroxylation is 1. The summed E-state index contributed by atoms with van der Waals surface area (Å²) in [6.07, 6.45) is 0.170. The minimum atomic E-state index is -2.57. The maximum Gasteiger partial charge on any atom is 0.297 e. The van der Waals surface area contributed by atoms with E-state index in [0.717, 1.165) is 5.56 Å². The van der Waals surface area contributed by atoms with E-state index in [1.807, 2.05) is 0 Å². The van der Waals surface area contributed by atoms with Crippen molar-refractivity contribution in [1.82, 2.24) is 9.97 Å². The zero-order valence-corrected chi connectivity index (χ0v) is 5.38. The number of nitrogens with zero attached hydrogens (tertiary/aromatic N) is 2. The molecule has 0 aromatic carbocycles. The summed E-state index contributed by atoms with van der Waals surface area (Å²) in [7, 11) is 0. The Kier molecular flexibility index (Phi) is 1.89. The molecule has 0 bridgehead atoms. The highest BCUT2D eigenvalue weighted by atomic mass is 19.3. The molecule has 0 unspecified atom stereocenters. The van der Waals surface area contributed by atoms with Crippen molar-refractivity contribution in [3.8, 4) is 0 Å². The van der Waals surface area contributed by atoms with Gasteiger partial charge in [0.25, 0.3) is 6.43 Å². The molecule has 2 nitrogen and oxygen atoms in total. The van der Waals surface area contributed by atoms with E-state index in [1.54, 1.807) is 6.92 Å². The first-order valence-electron chi connectivity index (χ1n) is 2.77. The molecular weight excluding hydrogens is 138 g/mol. The standard InChI is InChI=1S/C6H6F2N2/c1-4-2-9-6(5(7)8)10-3-4/h2-3,5H,1H3. The number of hydrogen-bond acceptors (Lipinski definition) is 2. The van der Waals surface area contributed by atoms with Crippen LogP contribution in [0.3, 0.4) is 0 Å². The van der Waals surface area contributed by atoms with Crippen molar-refractivity contribution in [2.45, 2.75) is 13.3 Å². The minimum absolute atomic E-state index is 0.411. The smallest absolute Gasteiger partial charge is 0.236 e. The second-order valence-electron chi connectivity index (χ2n) is 1.92. The molecule has 0 fully saturated rings. The summed E-state index contributed by atoms with van der Waals surface area (Å²) in [6, 6.07) is 0. The van der Waals surface area contributed by atoms with Crippen molar-refractivity contribution in [3.05, 3.63) is 23.8 Å². The third-order valence-electron chi connectivity index (χ3n) is 0.996. The third kappa shape index (κ3) is 1.46. The summed E-state index contributed by atoms with van der Waals surface area (Å²) >= 11 is 0. The van der Waals surface area contributed by atoms with Crippen LogP contribution in [0.4, 0.5) is 8.78 Å². The molecule has 0 saturated heterocycles.